The quantitative estimate of drug-likeness (QED) is 0.615. The van der Waals surface area contributed by atoms with Crippen LogP contribution in [-0.4, -0.2) is 6.79 Å². The first-order valence-electron chi connectivity index (χ1n) is 6.03. The average Bonchev–Trinajstić information content (AvgIpc) is 2.93. The molecule has 0 amide bonds. The molecule has 4 heteroatoms. The Morgan fingerprint density at radius 1 is 1.10 bits per heavy atom. The molecule has 0 bridgehead atoms. The normalized spacial score (nSPS) is 13.1. The van der Waals surface area contributed by atoms with Gasteiger partial charge in [-0.15, -0.1) is 0 Å². The number of benzene rings is 2. The Hall–Kier alpha value is -2.44. The van der Waals surface area contributed by atoms with Crippen molar-refractivity contribution in [3.8, 4) is 17.6 Å². The number of nitriles is 1. The van der Waals surface area contributed by atoms with Crippen LogP contribution in [0.15, 0.2) is 42.5 Å². The zero-order chi connectivity index (χ0) is 13.9. The Balaban J connectivity index is 1.97. The number of hydrogen-bond donors (Lipinski definition) is 0. The van der Waals surface area contributed by atoms with Gasteiger partial charge in [-0.2, -0.15) is 5.26 Å². The van der Waals surface area contributed by atoms with E-state index in [9.17, 15) is 5.26 Å². The first-order valence-corrected chi connectivity index (χ1v) is 6.41. The maximum absolute atomic E-state index is 9.30. The van der Waals surface area contributed by atoms with Gasteiger partial charge in [-0.3, -0.25) is 0 Å². The van der Waals surface area contributed by atoms with Crippen LogP contribution in [0, 0.1) is 11.3 Å². The SMILES string of the molecule is N#CC(=Cc1ccc2c(c1)OCO2)c1ccc(Cl)cc1. The third-order valence-electron chi connectivity index (χ3n) is 2.98. The van der Waals surface area contributed by atoms with E-state index in [0.717, 1.165) is 16.9 Å². The van der Waals surface area contributed by atoms with Gasteiger partial charge < -0.3 is 9.47 Å². The van der Waals surface area contributed by atoms with Crippen LogP contribution in [0.3, 0.4) is 0 Å². The third kappa shape index (κ3) is 2.47. The number of hydrogen-bond acceptors (Lipinski definition) is 3. The molecule has 2 aromatic carbocycles. The summed E-state index contributed by atoms with van der Waals surface area (Å²) < 4.78 is 10.6. The molecular formula is C16H10ClNO2. The highest BCUT2D eigenvalue weighted by atomic mass is 35.5. The molecule has 0 N–H and O–H groups in total. The van der Waals surface area contributed by atoms with Crippen molar-refractivity contribution in [2.75, 3.05) is 6.79 Å². The Bertz CT molecular complexity index is 714. The van der Waals surface area contributed by atoms with E-state index in [1.165, 1.54) is 0 Å². The fourth-order valence-electron chi connectivity index (χ4n) is 1.98. The molecule has 0 atom stereocenters. The summed E-state index contributed by atoms with van der Waals surface area (Å²) in [6, 6.07) is 15.0. The lowest BCUT2D eigenvalue weighted by Crippen LogP contribution is -1.92. The molecule has 1 aliphatic heterocycles. The predicted molar refractivity (Wildman–Crippen MR) is 77.5 cm³/mol. The van der Waals surface area contributed by atoms with Gasteiger partial charge in [0.1, 0.15) is 0 Å². The Morgan fingerprint density at radius 2 is 1.85 bits per heavy atom. The minimum Gasteiger partial charge on any atom is -0.454 e. The number of nitrogens with zero attached hydrogens (tertiary/aromatic N) is 1. The number of fused-ring (bicyclic) bond motifs is 1. The third-order valence-corrected chi connectivity index (χ3v) is 3.24. The largest absolute Gasteiger partial charge is 0.454 e. The molecule has 20 heavy (non-hydrogen) atoms. The molecule has 0 saturated heterocycles. The molecular weight excluding hydrogens is 274 g/mol. The molecule has 0 fully saturated rings. The van der Waals surface area contributed by atoms with E-state index in [1.54, 1.807) is 12.1 Å². The van der Waals surface area contributed by atoms with E-state index in [1.807, 2.05) is 36.4 Å². The van der Waals surface area contributed by atoms with Gasteiger partial charge in [0.15, 0.2) is 11.5 Å². The lowest BCUT2D eigenvalue weighted by Gasteiger charge is -2.01. The zero-order valence-electron chi connectivity index (χ0n) is 10.5. The topological polar surface area (TPSA) is 42.2 Å². The van der Waals surface area contributed by atoms with Gasteiger partial charge in [0, 0.05) is 5.02 Å². The van der Waals surface area contributed by atoms with Gasteiger partial charge in [0.2, 0.25) is 6.79 Å². The fraction of sp³-hybridized carbons (Fsp3) is 0.0625. The van der Waals surface area contributed by atoms with Crippen LogP contribution in [0.25, 0.3) is 11.6 Å². The highest BCUT2D eigenvalue weighted by Gasteiger charge is 2.12. The van der Waals surface area contributed by atoms with Crippen molar-refractivity contribution in [2.45, 2.75) is 0 Å². The highest BCUT2D eigenvalue weighted by Crippen LogP contribution is 2.33. The molecule has 0 aromatic heterocycles. The lowest BCUT2D eigenvalue weighted by atomic mass is 10.0. The number of ether oxygens (including phenoxy) is 2. The van der Waals surface area contributed by atoms with Crippen molar-refractivity contribution in [1.29, 1.82) is 5.26 Å². The second kappa shape index (κ2) is 5.28. The number of halogens is 1. The Morgan fingerprint density at radius 3 is 2.60 bits per heavy atom. The second-order valence-corrected chi connectivity index (χ2v) is 4.73. The lowest BCUT2D eigenvalue weighted by molar-refractivity contribution is 0.174. The van der Waals surface area contributed by atoms with Gasteiger partial charge in [-0.05, 0) is 41.5 Å². The van der Waals surface area contributed by atoms with Crippen molar-refractivity contribution < 1.29 is 9.47 Å². The van der Waals surface area contributed by atoms with Crippen LogP contribution in [0.5, 0.6) is 11.5 Å². The Labute approximate surface area is 121 Å². The summed E-state index contributed by atoms with van der Waals surface area (Å²) in [6.45, 7) is 0.241. The summed E-state index contributed by atoms with van der Waals surface area (Å²) in [7, 11) is 0. The molecule has 0 radical (unpaired) electrons. The fourth-order valence-corrected chi connectivity index (χ4v) is 2.11. The van der Waals surface area contributed by atoms with Crippen LogP contribution in [0.4, 0.5) is 0 Å². The first kappa shape index (κ1) is 12.6. The van der Waals surface area contributed by atoms with E-state index in [-0.39, 0.29) is 6.79 Å². The summed E-state index contributed by atoms with van der Waals surface area (Å²) in [6.07, 6.45) is 1.81. The van der Waals surface area contributed by atoms with Crippen molar-refractivity contribution in [2.24, 2.45) is 0 Å². The molecule has 0 aliphatic carbocycles. The molecule has 98 valence electrons. The van der Waals surface area contributed by atoms with Gasteiger partial charge in [-0.25, -0.2) is 0 Å². The summed E-state index contributed by atoms with van der Waals surface area (Å²) in [5.74, 6) is 1.43. The van der Waals surface area contributed by atoms with Gasteiger partial charge in [-0.1, -0.05) is 29.8 Å². The molecule has 1 aliphatic rings. The molecule has 1 heterocycles. The van der Waals surface area contributed by atoms with Crippen molar-refractivity contribution in [3.63, 3.8) is 0 Å². The summed E-state index contributed by atoms with van der Waals surface area (Å²) in [4.78, 5) is 0. The van der Waals surface area contributed by atoms with Crippen LogP contribution in [-0.2, 0) is 0 Å². The molecule has 0 saturated carbocycles. The first-order chi connectivity index (χ1) is 9.76. The van der Waals surface area contributed by atoms with Crippen LogP contribution in [0.2, 0.25) is 5.02 Å². The molecule has 3 rings (SSSR count). The van der Waals surface area contributed by atoms with Crippen molar-refractivity contribution in [3.05, 3.63) is 58.6 Å². The van der Waals surface area contributed by atoms with Gasteiger partial charge in [0.05, 0.1) is 11.6 Å². The van der Waals surface area contributed by atoms with Crippen molar-refractivity contribution in [1.82, 2.24) is 0 Å². The Kier molecular flexibility index (Phi) is 3.32. The van der Waals surface area contributed by atoms with E-state index >= 15 is 0 Å². The predicted octanol–water partition coefficient (Wildman–Crippen LogP) is 4.13. The van der Waals surface area contributed by atoms with E-state index in [4.69, 9.17) is 21.1 Å². The van der Waals surface area contributed by atoms with Crippen molar-refractivity contribution >= 4 is 23.3 Å². The van der Waals surface area contributed by atoms with Crippen LogP contribution in [0.1, 0.15) is 11.1 Å². The summed E-state index contributed by atoms with van der Waals surface area (Å²) >= 11 is 5.85. The monoisotopic (exact) mass is 283 g/mol. The highest BCUT2D eigenvalue weighted by molar-refractivity contribution is 6.30. The minimum atomic E-state index is 0.241. The van der Waals surface area contributed by atoms with Gasteiger partial charge in [0.25, 0.3) is 0 Å². The van der Waals surface area contributed by atoms with E-state index in [0.29, 0.717) is 16.3 Å². The molecule has 0 spiro atoms. The summed E-state index contributed by atoms with van der Waals surface area (Å²) in [5.41, 5.74) is 2.29. The van der Waals surface area contributed by atoms with E-state index < -0.39 is 0 Å². The molecule has 3 nitrogen and oxygen atoms in total. The van der Waals surface area contributed by atoms with Crippen LogP contribution >= 0.6 is 11.6 Å². The summed E-state index contributed by atoms with van der Waals surface area (Å²) in [5, 5.41) is 9.94. The van der Waals surface area contributed by atoms with Crippen LogP contribution < -0.4 is 9.47 Å². The van der Waals surface area contributed by atoms with Gasteiger partial charge >= 0.3 is 0 Å². The second-order valence-electron chi connectivity index (χ2n) is 4.29. The number of allylic oxidation sites excluding steroid dienone is 1. The number of rotatable bonds is 2. The molecule has 0 unspecified atom stereocenters. The zero-order valence-corrected chi connectivity index (χ0v) is 11.2. The maximum Gasteiger partial charge on any atom is 0.231 e. The standard InChI is InChI=1S/C16H10ClNO2/c17-14-4-2-12(3-5-14)13(9-18)7-11-1-6-15-16(8-11)20-10-19-15/h1-8H,10H2. The molecule has 2 aromatic rings. The smallest absolute Gasteiger partial charge is 0.231 e. The van der Waals surface area contributed by atoms with E-state index in [2.05, 4.69) is 6.07 Å². The minimum absolute atomic E-state index is 0.241. The average molecular weight is 284 g/mol. The maximum atomic E-state index is 9.30.